The number of para-hydroxylation sites is 2. The normalized spacial score (nSPS) is 10.2. The quantitative estimate of drug-likeness (QED) is 0.818. The third kappa shape index (κ3) is 2.73. The van der Waals surface area contributed by atoms with Gasteiger partial charge in [0.1, 0.15) is 5.75 Å². The molecule has 6 heteroatoms. The molecule has 0 amide bonds. The molecule has 0 bridgehead atoms. The first-order valence-corrected chi connectivity index (χ1v) is 5.34. The summed E-state index contributed by atoms with van der Waals surface area (Å²) in [6.45, 7) is 2.74. The van der Waals surface area contributed by atoms with Crippen LogP contribution in [0.5, 0.6) is 5.75 Å². The zero-order chi connectivity index (χ0) is 12.1. The Morgan fingerprint density at radius 3 is 2.88 bits per heavy atom. The van der Waals surface area contributed by atoms with Crippen molar-refractivity contribution in [2.75, 3.05) is 11.9 Å². The van der Waals surface area contributed by atoms with E-state index in [-0.39, 0.29) is 6.54 Å². The number of anilines is 2. The van der Waals surface area contributed by atoms with Crippen molar-refractivity contribution in [1.29, 1.82) is 0 Å². The van der Waals surface area contributed by atoms with Crippen molar-refractivity contribution >= 4 is 11.7 Å². The number of aromatic nitrogens is 2. The lowest BCUT2D eigenvalue weighted by atomic mass is 10.3. The van der Waals surface area contributed by atoms with Crippen LogP contribution >= 0.6 is 0 Å². The van der Waals surface area contributed by atoms with Crippen LogP contribution in [0, 0.1) is 0 Å². The van der Waals surface area contributed by atoms with E-state index in [1.807, 2.05) is 31.2 Å². The Kier molecular flexibility index (Phi) is 3.56. The monoisotopic (exact) mass is 234 g/mol. The number of nitrogens with one attached hydrogen (secondary N) is 1. The van der Waals surface area contributed by atoms with E-state index in [1.165, 1.54) is 0 Å². The van der Waals surface area contributed by atoms with Crippen LogP contribution in [0.4, 0.5) is 11.7 Å². The summed E-state index contributed by atoms with van der Waals surface area (Å²) in [5.41, 5.74) is 6.16. The van der Waals surface area contributed by atoms with E-state index in [4.69, 9.17) is 14.9 Å². The van der Waals surface area contributed by atoms with Gasteiger partial charge in [-0.2, -0.15) is 0 Å². The number of rotatable bonds is 5. The number of hydrogen-bond donors (Lipinski definition) is 2. The number of nitrogens with two attached hydrogens (primary N) is 1. The molecule has 0 saturated heterocycles. The average molecular weight is 234 g/mol. The molecule has 0 spiro atoms. The fraction of sp³-hybridized carbons (Fsp3) is 0.273. The summed E-state index contributed by atoms with van der Waals surface area (Å²) in [5.74, 6) is 1.13. The molecule has 6 nitrogen and oxygen atoms in total. The van der Waals surface area contributed by atoms with E-state index in [9.17, 15) is 0 Å². The molecule has 17 heavy (non-hydrogen) atoms. The van der Waals surface area contributed by atoms with Crippen LogP contribution < -0.4 is 15.8 Å². The lowest BCUT2D eigenvalue weighted by Crippen LogP contribution is -1.97. The van der Waals surface area contributed by atoms with Gasteiger partial charge in [0.05, 0.1) is 18.8 Å². The lowest BCUT2D eigenvalue weighted by molar-refractivity contribution is 0.342. The van der Waals surface area contributed by atoms with Crippen molar-refractivity contribution in [2.45, 2.75) is 13.5 Å². The highest BCUT2D eigenvalue weighted by Crippen LogP contribution is 2.26. The summed E-state index contributed by atoms with van der Waals surface area (Å²) in [6, 6.07) is 7.83. The first kappa shape index (κ1) is 11.4. The maximum Gasteiger partial charge on any atom is 0.320 e. The standard InChI is InChI=1S/C11H14N4O2/c1-2-16-9-6-4-3-5-8(9)13-11-15-14-10(7-12)17-11/h3-6H,2,7,12H2,1H3,(H,13,15). The largest absolute Gasteiger partial charge is 0.492 e. The molecular formula is C11H14N4O2. The van der Waals surface area contributed by atoms with Crippen molar-refractivity contribution < 1.29 is 9.15 Å². The topological polar surface area (TPSA) is 86.2 Å². The van der Waals surface area contributed by atoms with Gasteiger partial charge in [-0.25, -0.2) is 0 Å². The Hall–Kier alpha value is -2.08. The number of hydrogen-bond acceptors (Lipinski definition) is 6. The van der Waals surface area contributed by atoms with Crippen molar-refractivity contribution in [3.63, 3.8) is 0 Å². The predicted octanol–water partition coefficient (Wildman–Crippen LogP) is 1.67. The molecule has 0 radical (unpaired) electrons. The van der Waals surface area contributed by atoms with Crippen molar-refractivity contribution in [1.82, 2.24) is 10.2 Å². The van der Waals surface area contributed by atoms with Crippen LogP contribution in [0.15, 0.2) is 28.7 Å². The Balaban J connectivity index is 2.17. The highest BCUT2D eigenvalue weighted by atomic mass is 16.5. The van der Waals surface area contributed by atoms with Crippen molar-refractivity contribution in [3.05, 3.63) is 30.2 Å². The minimum absolute atomic E-state index is 0.224. The second-order valence-corrected chi connectivity index (χ2v) is 3.26. The number of ether oxygens (including phenoxy) is 1. The molecule has 3 N–H and O–H groups in total. The molecule has 0 aliphatic rings. The highest BCUT2D eigenvalue weighted by molar-refractivity contribution is 5.61. The Morgan fingerprint density at radius 1 is 1.35 bits per heavy atom. The third-order valence-electron chi connectivity index (χ3n) is 2.07. The molecule has 1 aromatic carbocycles. The van der Waals surface area contributed by atoms with Gasteiger partial charge in [0.2, 0.25) is 5.89 Å². The molecule has 2 rings (SSSR count). The van der Waals surface area contributed by atoms with Gasteiger partial charge in [0.25, 0.3) is 0 Å². The maximum absolute atomic E-state index is 5.47. The molecule has 0 atom stereocenters. The van der Waals surface area contributed by atoms with E-state index in [2.05, 4.69) is 15.5 Å². The van der Waals surface area contributed by atoms with E-state index in [0.717, 1.165) is 11.4 Å². The molecule has 0 saturated carbocycles. The van der Waals surface area contributed by atoms with Crippen LogP contribution in [-0.4, -0.2) is 16.8 Å². The highest BCUT2D eigenvalue weighted by Gasteiger charge is 2.07. The fourth-order valence-corrected chi connectivity index (χ4v) is 1.35. The predicted molar refractivity (Wildman–Crippen MR) is 63.1 cm³/mol. The van der Waals surface area contributed by atoms with Crippen LogP contribution in [0.1, 0.15) is 12.8 Å². The van der Waals surface area contributed by atoms with Crippen LogP contribution in [-0.2, 0) is 6.54 Å². The van der Waals surface area contributed by atoms with Crippen LogP contribution in [0.2, 0.25) is 0 Å². The van der Waals surface area contributed by atoms with E-state index in [0.29, 0.717) is 18.5 Å². The van der Waals surface area contributed by atoms with Gasteiger partial charge in [-0.05, 0) is 19.1 Å². The van der Waals surface area contributed by atoms with Gasteiger partial charge in [0.15, 0.2) is 0 Å². The minimum atomic E-state index is 0.224. The van der Waals surface area contributed by atoms with E-state index < -0.39 is 0 Å². The summed E-state index contributed by atoms with van der Waals surface area (Å²) in [7, 11) is 0. The SMILES string of the molecule is CCOc1ccccc1Nc1nnc(CN)o1. The molecule has 0 fully saturated rings. The molecule has 0 aliphatic heterocycles. The molecule has 90 valence electrons. The molecule has 2 aromatic rings. The molecule has 1 aromatic heterocycles. The smallest absolute Gasteiger partial charge is 0.320 e. The Labute approximate surface area is 98.8 Å². The summed E-state index contributed by atoms with van der Waals surface area (Å²) < 4.78 is 10.7. The summed E-state index contributed by atoms with van der Waals surface area (Å²) >= 11 is 0. The van der Waals surface area contributed by atoms with Gasteiger partial charge in [0, 0.05) is 0 Å². The first-order valence-electron chi connectivity index (χ1n) is 5.34. The molecule has 0 unspecified atom stereocenters. The lowest BCUT2D eigenvalue weighted by Gasteiger charge is -2.08. The third-order valence-corrected chi connectivity index (χ3v) is 2.07. The van der Waals surface area contributed by atoms with Crippen LogP contribution in [0.3, 0.4) is 0 Å². The Morgan fingerprint density at radius 2 is 2.18 bits per heavy atom. The Bertz CT molecular complexity index is 484. The minimum Gasteiger partial charge on any atom is -0.492 e. The molecular weight excluding hydrogens is 220 g/mol. The van der Waals surface area contributed by atoms with Gasteiger partial charge in [-0.1, -0.05) is 17.2 Å². The van der Waals surface area contributed by atoms with Gasteiger partial charge in [-0.3, -0.25) is 0 Å². The second kappa shape index (κ2) is 5.31. The molecule has 0 aliphatic carbocycles. The van der Waals surface area contributed by atoms with Crippen molar-refractivity contribution in [3.8, 4) is 5.75 Å². The van der Waals surface area contributed by atoms with E-state index in [1.54, 1.807) is 0 Å². The average Bonchev–Trinajstić information content (AvgIpc) is 2.80. The first-order chi connectivity index (χ1) is 8.33. The second-order valence-electron chi connectivity index (χ2n) is 3.26. The van der Waals surface area contributed by atoms with E-state index >= 15 is 0 Å². The van der Waals surface area contributed by atoms with Gasteiger partial charge in [-0.15, -0.1) is 5.10 Å². The summed E-state index contributed by atoms with van der Waals surface area (Å²) in [6.07, 6.45) is 0. The van der Waals surface area contributed by atoms with Crippen molar-refractivity contribution in [2.24, 2.45) is 5.73 Å². The summed E-state index contributed by atoms with van der Waals surface area (Å²) in [5, 5.41) is 10.6. The van der Waals surface area contributed by atoms with Crippen LogP contribution in [0.25, 0.3) is 0 Å². The number of nitrogens with zero attached hydrogens (tertiary/aromatic N) is 2. The fourth-order valence-electron chi connectivity index (χ4n) is 1.35. The zero-order valence-corrected chi connectivity index (χ0v) is 9.51. The van der Waals surface area contributed by atoms with Gasteiger partial charge < -0.3 is 20.2 Å². The molecule has 1 heterocycles. The van der Waals surface area contributed by atoms with Gasteiger partial charge >= 0.3 is 6.01 Å². The number of benzene rings is 1. The zero-order valence-electron chi connectivity index (χ0n) is 9.51. The summed E-state index contributed by atoms with van der Waals surface area (Å²) in [4.78, 5) is 0. The maximum atomic E-state index is 5.47.